The van der Waals surface area contributed by atoms with Crippen molar-refractivity contribution in [3.05, 3.63) is 136 Å². The van der Waals surface area contributed by atoms with Crippen LogP contribution in [0.4, 0.5) is 11.4 Å². The van der Waals surface area contributed by atoms with Crippen LogP contribution in [0.5, 0.6) is 0 Å². The molecule has 14 rings (SSSR count). The van der Waals surface area contributed by atoms with E-state index < -0.39 is 0 Å². The van der Waals surface area contributed by atoms with E-state index in [-0.39, 0.29) is 28.5 Å². The summed E-state index contributed by atoms with van der Waals surface area (Å²) in [5.41, 5.74) is 25.3. The number of unbranched alkanes of at least 4 members (excludes halogenated alkanes) is 2. The van der Waals surface area contributed by atoms with Gasteiger partial charge in [-0.1, -0.05) is 118 Å². The van der Waals surface area contributed by atoms with Crippen LogP contribution >= 0.6 is 0 Å². The Labute approximate surface area is 425 Å². The van der Waals surface area contributed by atoms with Crippen LogP contribution in [0.3, 0.4) is 0 Å². The Morgan fingerprint density at radius 1 is 0.500 bits per heavy atom. The molecule has 4 nitrogen and oxygen atoms in total. The first kappa shape index (κ1) is 44.5. The van der Waals surface area contributed by atoms with E-state index in [0.717, 1.165) is 83.6 Å². The molecule has 362 valence electrons. The number of hydrogen-bond donors (Lipinski definition) is 0. The van der Waals surface area contributed by atoms with Gasteiger partial charge in [-0.15, -0.1) is 0 Å². The van der Waals surface area contributed by atoms with Crippen molar-refractivity contribution >= 4 is 94.8 Å². The average Bonchev–Trinajstić information content (AvgIpc) is 4.03. The molecule has 0 saturated carbocycles. The van der Waals surface area contributed by atoms with Crippen molar-refractivity contribution in [1.29, 1.82) is 0 Å². The summed E-state index contributed by atoms with van der Waals surface area (Å²) in [5.74, 6) is 0. The molecule has 0 amide bonds. The highest BCUT2D eigenvalue weighted by Crippen LogP contribution is 2.56. The minimum atomic E-state index is -0.146. The maximum atomic E-state index is 7.57. The molecule has 10 aromatic rings. The third-order valence-electron chi connectivity index (χ3n) is 18.9. The van der Waals surface area contributed by atoms with Crippen molar-refractivity contribution in [2.75, 3.05) is 4.81 Å². The molecule has 7 aromatic carbocycles. The SMILES string of the molecule is CCCCc1ccc2c(c1)c1cc(CCCC)cc3c1n2-c1cc2c(oc4ccccc42)c2c1B3N(c1cc3c(cc1C)C(C)(C)CCC3(C)C)c1ccc3c(oc4cc5c(cc43)C(C)(C)CCC5(C)C)c1-2. The maximum absolute atomic E-state index is 7.57. The van der Waals surface area contributed by atoms with E-state index in [9.17, 15) is 0 Å². The summed E-state index contributed by atoms with van der Waals surface area (Å²) in [7, 11) is 0. The van der Waals surface area contributed by atoms with Gasteiger partial charge in [-0.05, 0) is 190 Å². The predicted octanol–water partition coefficient (Wildman–Crippen LogP) is 17.5. The molecular formula is C67H69BN2O2. The second-order valence-corrected chi connectivity index (χ2v) is 25.5. The van der Waals surface area contributed by atoms with Crippen LogP contribution in [0.1, 0.15) is 160 Å². The zero-order valence-electron chi connectivity index (χ0n) is 44.6. The maximum Gasteiger partial charge on any atom is 0.333 e. The van der Waals surface area contributed by atoms with Gasteiger partial charge >= 0.3 is 6.85 Å². The summed E-state index contributed by atoms with van der Waals surface area (Å²) in [4.78, 5) is 2.78. The van der Waals surface area contributed by atoms with Gasteiger partial charge in [0.2, 0.25) is 0 Å². The minimum absolute atomic E-state index is 0.0284. The highest BCUT2D eigenvalue weighted by Gasteiger charge is 2.48. The summed E-state index contributed by atoms with van der Waals surface area (Å²) in [6, 6.07) is 38.7. The van der Waals surface area contributed by atoms with Crippen LogP contribution in [0.15, 0.2) is 106 Å². The standard InChI is InChI=1S/C67H69BN2O2/c1-12-14-18-39-22-24-52-43(31-39)45-32-40(19-15-13-2)33-51-61(45)69(52)55-35-46-41-20-16-17-21-56(41)71-63(46)59-58-53(25-23-42-44-34-48-50(37-57(44)72-62(42)58)67(10,11)29-27-65(48,6)7)70(68(51)60(55)59)54-36-49-47(30-38(54)3)64(4,5)26-28-66(49,8)9/h16-17,20-25,30-37H,12-15,18-19,26-29H2,1-11H3. The molecule has 0 radical (unpaired) electrons. The Hall–Kier alpha value is -6.20. The summed E-state index contributed by atoms with van der Waals surface area (Å²) in [5, 5.41) is 7.39. The summed E-state index contributed by atoms with van der Waals surface area (Å²) >= 11 is 0. The fourth-order valence-electron chi connectivity index (χ4n) is 14.5. The molecule has 0 spiro atoms. The fraction of sp³-hybridized carbons (Fsp3) is 0.373. The molecule has 0 atom stereocenters. The predicted molar refractivity (Wildman–Crippen MR) is 307 cm³/mol. The summed E-state index contributed by atoms with van der Waals surface area (Å²) < 4.78 is 17.5. The van der Waals surface area contributed by atoms with Gasteiger partial charge in [-0.2, -0.15) is 0 Å². The van der Waals surface area contributed by atoms with Crippen molar-refractivity contribution in [2.45, 2.75) is 162 Å². The number of fused-ring (bicyclic) bond motifs is 17. The molecule has 5 heterocycles. The van der Waals surface area contributed by atoms with Crippen molar-refractivity contribution in [3.63, 3.8) is 0 Å². The zero-order chi connectivity index (χ0) is 49.5. The van der Waals surface area contributed by atoms with Crippen molar-refractivity contribution in [3.8, 4) is 16.8 Å². The van der Waals surface area contributed by atoms with E-state index in [1.165, 1.54) is 124 Å². The third-order valence-corrected chi connectivity index (χ3v) is 18.9. The highest BCUT2D eigenvalue weighted by molar-refractivity contribution is 6.94. The summed E-state index contributed by atoms with van der Waals surface area (Å²) in [6.45, 7) is 26.5. The lowest BCUT2D eigenvalue weighted by molar-refractivity contribution is 0.332. The largest absolute Gasteiger partial charge is 0.455 e. The average molecular weight is 945 g/mol. The highest BCUT2D eigenvalue weighted by atomic mass is 16.3. The number of furan rings is 2. The van der Waals surface area contributed by atoms with Gasteiger partial charge in [-0.25, -0.2) is 0 Å². The van der Waals surface area contributed by atoms with Gasteiger partial charge in [-0.3, -0.25) is 0 Å². The van der Waals surface area contributed by atoms with Crippen LogP contribution in [0, 0.1) is 6.92 Å². The Morgan fingerprint density at radius 2 is 1.12 bits per heavy atom. The van der Waals surface area contributed by atoms with Crippen molar-refractivity contribution in [1.82, 2.24) is 4.57 Å². The zero-order valence-corrected chi connectivity index (χ0v) is 44.6. The molecule has 0 saturated heterocycles. The molecule has 2 aliphatic heterocycles. The van der Waals surface area contributed by atoms with Gasteiger partial charge in [0.25, 0.3) is 0 Å². The number of benzene rings is 7. The number of rotatable bonds is 7. The smallest absolute Gasteiger partial charge is 0.333 e. The van der Waals surface area contributed by atoms with E-state index in [0.29, 0.717) is 0 Å². The Balaban J connectivity index is 1.18. The van der Waals surface area contributed by atoms with E-state index in [1.807, 2.05) is 0 Å². The van der Waals surface area contributed by atoms with Crippen molar-refractivity contribution in [2.24, 2.45) is 0 Å². The fourth-order valence-corrected chi connectivity index (χ4v) is 14.5. The number of para-hydroxylation sites is 1. The normalized spacial score (nSPS) is 17.9. The van der Waals surface area contributed by atoms with Crippen LogP contribution in [0.2, 0.25) is 0 Å². The first-order valence-corrected chi connectivity index (χ1v) is 27.6. The monoisotopic (exact) mass is 945 g/mol. The molecule has 4 aliphatic rings. The molecule has 72 heavy (non-hydrogen) atoms. The molecular weight excluding hydrogens is 876 g/mol. The first-order chi connectivity index (χ1) is 34.5. The molecule has 3 aromatic heterocycles. The lowest BCUT2D eigenvalue weighted by Gasteiger charge is -2.45. The minimum Gasteiger partial charge on any atom is -0.455 e. The number of nitrogens with zero attached hydrogens (tertiary/aromatic N) is 2. The summed E-state index contributed by atoms with van der Waals surface area (Å²) in [6.07, 6.45) is 11.5. The van der Waals surface area contributed by atoms with Crippen LogP contribution < -0.4 is 15.7 Å². The second-order valence-electron chi connectivity index (χ2n) is 25.5. The van der Waals surface area contributed by atoms with E-state index in [4.69, 9.17) is 8.83 Å². The van der Waals surface area contributed by atoms with Gasteiger partial charge < -0.3 is 18.2 Å². The number of aromatic nitrogens is 1. The molecule has 5 heteroatoms. The molecule has 0 fully saturated rings. The Bertz CT molecular complexity index is 4000. The van der Waals surface area contributed by atoms with Gasteiger partial charge in [0.1, 0.15) is 22.3 Å². The van der Waals surface area contributed by atoms with E-state index in [1.54, 1.807) is 0 Å². The number of aryl methyl sites for hydroxylation is 3. The topological polar surface area (TPSA) is 34.5 Å². The molecule has 2 aliphatic carbocycles. The number of hydrogen-bond acceptors (Lipinski definition) is 3. The van der Waals surface area contributed by atoms with E-state index in [2.05, 4.69) is 183 Å². The lowest BCUT2D eigenvalue weighted by atomic mass is 9.43. The van der Waals surface area contributed by atoms with E-state index >= 15 is 0 Å². The lowest BCUT2D eigenvalue weighted by Crippen LogP contribution is -2.61. The van der Waals surface area contributed by atoms with Gasteiger partial charge in [0, 0.05) is 54.9 Å². The second kappa shape index (κ2) is 15.0. The van der Waals surface area contributed by atoms with Crippen LogP contribution in [0.25, 0.3) is 82.5 Å². The first-order valence-electron chi connectivity index (χ1n) is 27.6. The number of anilines is 2. The van der Waals surface area contributed by atoms with Crippen LogP contribution in [-0.4, -0.2) is 11.4 Å². The third kappa shape index (κ3) is 6.00. The Morgan fingerprint density at radius 3 is 1.85 bits per heavy atom. The van der Waals surface area contributed by atoms with Gasteiger partial charge in [0.15, 0.2) is 0 Å². The molecule has 0 N–H and O–H groups in total. The Kier molecular flexibility index (Phi) is 9.25. The van der Waals surface area contributed by atoms with Gasteiger partial charge in [0.05, 0.1) is 16.6 Å². The quantitative estimate of drug-likeness (QED) is 0.149. The van der Waals surface area contributed by atoms with Crippen molar-refractivity contribution < 1.29 is 8.83 Å². The molecule has 0 unspecified atom stereocenters. The molecule has 0 bridgehead atoms. The van der Waals surface area contributed by atoms with Crippen LogP contribution in [-0.2, 0) is 34.5 Å².